The zero-order chi connectivity index (χ0) is 35.9. The van der Waals surface area contributed by atoms with Crippen molar-refractivity contribution in [1.82, 2.24) is 15.0 Å². The van der Waals surface area contributed by atoms with Gasteiger partial charge in [-0.2, -0.15) is 5.26 Å². The number of hydrogen-bond acceptors (Lipinski definition) is 4. The highest BCUT2D eigenvalue weighted by Gasteiger charge is 2.45. The fourth-order valence-electron chi connectivity index (χ4n) is 9.81. The van der Waals surface area contributed by atoms with Gasteiger partial charge in [0.1, 0.15) is 0 Å². The van der Waals surface area contributed by atoms with Crippen LogP contribution in [0, 0.1) is 29.1 Å². The van der Waals surface area contributed by atoms with Crippen LogP contribution in [0.4, 0.5) is 0 Å². The zero-order valence-corrected chi connectivity index (χ0v) is 30.3. The quantitative estimate of drug-likeness (QED) is 0.175. The van der Waals surface area contributed by atoms with E-state index in [0.717, 1.165) is 67.5 Å². The molecule has 1 aromatic heterocycles. The maximum Gasteiger partial charge on any atom is 0.164 e. The first-order valence-electron chi connectivity index (χ1n) is 19.0. The lowest BCUT2D eigenvalue weighted by Gasteiger charge is -2.50. The molecule has 2 fully saturated rings. The van der Waals surface area contributed by atoms with E-state index in [4.69, 9.17) is 15.0 Å². The predicted molar refractivity (Wildman–Crippen MR) is 216 cm³/mol. The van der Waals surface area contributed by atoms with Crippen molar-refractivity contribution < 1.29 is 0 Å². The van der Waals surface area contributed by atoms with Gasteiger partial charge in [-0.3, -0.25) is 0 Å². The molecule has 7 aromatic rings. The number of fused-ring (bicyclic) bond motifs is 3. The van der Waals surface area contributed by atoms with E-state index in [2.05, 4.69) is 123 Å². The number of nitrogens with zero attached hydrogens (tertiary/aromatic N) is 4. The Bertz CT molecular complexity index is 2460. The lowest BCUT2D eigenvalue weighted by molar-refractivity contribution is 0.0780. The SMILES string of the molecule is C[C@@H]1CC2C[C@H](C)CC(c3ccc(-c4nc(-c5cccc(-c6ccccc6)c5)nc(-c5ccc(-c6ccccc6)c6c(C#N)cccc56)n4)cc3)(C2)C1. The van der Waals surface area contributed by atoms with Gasteiger partial charge in [0, 0.05) is 22.1 Å². The van der Waals surface area contributed by atoms with Crippen LogP contribution in [0.15, 0.2) is 140 Å². The van der Waals surface area contributed by atoms with E-state index >= 15 is 0 Å². The Balaban J connectivity index is 1.21. The predicted octanol–water partition coefficient (Wildman–Crippen LogP) is 12.3. The topological polar surface area (TPSA) is 62.5 Å². The van der Waals surface area contributed by atoms with E-state index in [-0.39, 0.29) is 5.41 Å². The molecule has 0 radical (unpaired) electrons. The van der Waals surface area contributed by atoms with Crippen LogP contribution in [0.2, 0.25) is 0 Å². The molecule has 1 heterocycles. The van der Waals surface area contributed by atoms with Crippen LogP contribution < -0.4 is 0 Å². The minimum Gasteiger partial charge on any atom is -0.208 e. The van der Waals surface area contributed by atoms with Crippen LogP contribution in [-0.4, -0.2) is 15.0 Å². The molecule has 9 rings (SSSR count). The van der Waals surface area contributed by atoms with Crippen LogP contribution in [0.25, 0.3) is 67.2 Å². The third-order valence-electron chi connectivity index (χ3n) is 11.7. The van der Waals surface area contributed by atoms with Gasteiger partial charge in [-0.25, -0.2) is 15.0 Å². The van der Waals surface area contributed by atoms with E-state index in [0.29, 0.717) is 23.0 Å². The number of rotatable bonds is 6. The van der Waals surface area contributed by atoms with E-state index in [9.17, 15) is 5.26 Å². The lowest BCUT2D eigenvalue weighted by Crippen LogP contribution is -2.42. The number of nitriles is 1. The summed E-state index contributed by atoms with van der Waals surface area (Å²) in [6.07, 6.45) is 6.56. The molecule has 2 aliphatic carbocycles. The largest absolute Gasteiger partial charge is 0.208 e. The Morgan fingerprint density at radius 2 is 1.11 bits per heavy atom. The number of hydrogen-bond donors (Lipinski definition) is 0. The van der Waals surface area contributed by atoms with Crippen LogP contribution in [-0.2, 0) is 5.41 Å². The van der Waals surface area contributed by atoms with Crippen LogP contribution in [0.1, 0.15) is 57.1 Å². The highest BCUT2D eigenvalue weighted by Crippen LogP contribution is 2.54. The Labute approximate surface area is 312 Å². The number of benzene rings is 6. The molecule has 2 saturated carbocycles. The first-order valence-corrected chi connectivity index (χ1v) is 19.0. The molecule has 2 aliphatic rings. The highest BCUT2D eigenvalue weighted by molar-refractivity contribution is 6.07. The van der Waals surface area contributed by atoms with Crippen molar-refractivity contribution in [2.75, 3.05) is 0 Å². The first-order chi connectivity index (χ1) is 26.0. The van der Waals surface area contributed by atoms with Gasteiger partial charge in [0.15, 0.2) is 17.5 Å². The molecule has 0 aliphatic heterocycles. The van der Waals surface area contributed by atoms with Gasteiger partial charge in [0.05, 0.1) is 11.6 Å². The van der Waals surface area contributed by atoms with Gasteiger partial charge >= 0.3 is 0 Å². The Hall–Kier alpha value is -5.92. The second-order valence-corrected chi connectivity index (χ2v) is 15.6. The summed E-state index contributed by atoms with van der Waals surface area (Å²) in [7, 11) is 0. The van der Waals surface area contributed by atoms with Crippen molar-refractivity contribution in [2.45, 2.75) is 51.4 Å². The maximum atomic E-state index is 10.3. The second kappa shape index (κ2) is 13.6. The average Bonchev–Trinajstić information content (AvgIpc) is 3.20. The summed E-state index contributed by atoms with van der Waals surface area (Å²) in [5.74, 6) is 4.18. The van der Waals surface area contributed by atoms with Crippen molar-refractivity contribution in [3.63, 3.8) is 0 Å². The number of aromatic nitrogens is 3. The van der Waals surface area contributed by atoms with E-state index in [1.165, 1.54) is 37.7 Å². The molecule has 0 saturated heterocycles. The fourth-order valence-corrected chi connectivity index (χ4v) is 9.81. The van der Waals surface area contributed by atoms with E-state index in [1.807, 2.05) is 36.4 Å². The van der Waals surface area contributed by atoms with E-state index in [1.54, 1.807) is 0 Å². The zero-order valence-electron chi connectivity index (χ0n) is 30.3. The van der Waals surface area contributed by atoms with Gasteiger partial charge in [0.25, 0.3) is 0 Å². The lowest BCUT2D eigenvalue weighted by atomic mass is 9.54. The standard InChI is InChI=1S/C49H42N4/c1-32-25-34-26-33(2)29-49(28-32,30-34)41-21-19-37(20-22-41)46-51-47(39-16-9-15-38(27-39)35-11-5-3-6-12-35)53-48(52-46)44-24-23-42(36-13-7-4-8-14-36)45-40(31-50)17-10-18-43(44)45/h3-24,27,32-34H,25-26,28-30H2,1-2H3/t32-,33+,34?,49?. The molecule has 258 valence electrons. The van der Waals surface area contributed by atoms with Gasteiger partial charge < -0.3 is 0 Å². The maximum absolute atomic E-state index is 10.3. The van der Waals surface area contributed by atoms with Crippen LogP contribution in [0.3, 0.4) is 0 Å². The third-order valence-corrected chi connectivity index (χ3v) is 11.7. The summed E-state index contributed by atoms with van der Waals surface area (Å²) in [5, 5.41) is 12.1. The van der Waals surface area contributed by atoms with Crippen molar-refractivity contribution in [3.05, 3.63) is 151 Å². The van der Waals surface area contributed by atoms with Crippen molar-refractivity contribution in [3.8, 4) is 62.5 Å². The summed E-state index contributed by atoms with van der Waals surface area (Å²) in [6.45, 7) is 4.89. The Kier molecular flexibility index (Phi) is 8.43. The Morgan fingerprint density at radius 1 is 0.528 bits per heavy atom. The molecule has 53 heavy (non-hydrogen) atoms. The molecule has 0 amide bonds. The van der Waals surface area contributed by atoms with Crippen molar-refractivity contribution >= 4 is 10.8 Å². The molecular formula is C49H42N4. The summed E-state index contributed by atoms with van der Waals surface area (Å²) in [6, 6.07) is 50.8. The summed E-state index contributed by atoms with van der Waals surface area (Å²) in [5.41, 5.74) is 9.42. The smallest absolute Gasteiger partial charge is 0.164 e. The molecule has 0 spiro atoms. The first kappa shape index (κ1) is 33.0. The van der Waals surface area contributed by atoms with Crippen molar-refractivity contribution in [2.24, 2.45) is 17.8 Å². The molecule has 4 atom stereocenters. The molecule has 4 heteroatoms. The molecule has 2 bridgehead atoms. The summed E-state index contributed by atoms with van der Waals surface area (Å²) in [4.78, 5) is 15.6. The molecule has 2 unspecified atom stereocenters. The van der Waals surface area contributed by atoms with Gasteiger partial charge in [-0.05, 0) is 107 Å². The average molecular weight is 687 g/mol. The Morgan fingerprint density at radius 3 is 1.81 bits per heavy atom. The molecule has 0 N–H and O–H groups in total. The fraction of sp³-hybridized carbons (Fsp3) is 0.224. The monoisotopic (exact) mass is 686 g/mol. The van der Waals surface area contributed by atoms with Crippen LogP contribution >= 0.6 is 0 Å². The highest BCUT2D eigenvalue weighted by atomic mass is 15.0. The van der Waals surface area contributed by atoms with Gasteiger partial charge in [-0.1, -0.05) is 135 Å². The minimum absolute atomic E-state index is 0.254. The third kappa shape index (κ3) is 6.21. The molecular weight excluding hydrogens is 645 g/mol. The second-order valence-electron chi connectivity index (χ2n) is 15.6. The van der Waals surface area contributed by atoms with Gasteiger partial charge in [-0.15, -0.1) is 0 Å². The normalized spacial score (nSPS) is 20.9. The summed E-state index contributed by atoms with van der Waals surface area (Å²) < 4.78 is 0. The van der Waals surface area contributed by atoms with Crippen molar-refractivity contribution in [1.29, 1.82) is 5.26 Å². The van der Waals surface area contributed by atoms with E-state index < -0.39 is 0 Å². The van der Waals surface area contributed by atoms with Gasteiger partial charge in [0.2, 0.25) is 0 Å². The minimum atomic E-state index is 0.254. The van der Waals surface area contributed by atoms with Crippen LogP contribution in [0.5, 0.6) is 0 Å². The molecule has 6 aromatic carbocycles. The summed E-state index contributed by atoms with van der Waals surface area (Å²) >= 11 is 0. The molecule has 4 nitrogen and oxygen atoms in total.